The van der Waals surface area contributed by atoms with Gasteiger partial charge in [0.1, 0.15) is 11.1 Å². The summed E-state index contributed by atoms with van der Waals surface area (Å²) in [6.45, 7) is 0. The largest absolute Gasteiger partial charge is 0.235 e. The maximum atomic E-state index is 9.38. The van der Waals surface area contributed by atoms with Crippen molar-refractivity contribution in [1.29, 1.82) is 5.26 Å². The number of hydrogen-bond acceptors (Lipinski definition) is 3. The molecule has 0 aliphatic heterocycles. The quantitative estimate of drug-likeness (QED) is 0.417. The molecule has 0 amide bonds. The van der Waals surface area contributed by atoms with Crippen molar-refractivity contribution >= 4 is 55.4 Å². The van der Waals surface area contributed by atoms with Crippen molar-refractivity contribution in [1.82, 2.24) is 4.98 Å². The molecule has 5 heteroatoms. The second-order valence-electron chi connectivity index (χ2n) is 4.70. The molecule has 0 saturated carbocycles. The zero-order chi connectivity index (χ0) is 16.2. The molecule has 0 bridgehead atoms. The molecule has 0 radical (unpaired) electrons. The molecule has 0 unspecified atom stereocenters. The summed E-state index contributed by atoms with van der Waals surface area (Å²) in [6.07, 6.45) is 3.39. The Morgan fingerprint density at radius 3 is 2.52 bits per heavy atom. The van der Waals surface area contributed by atoms with Crippen LogP contribution in [0.15, 0.2) is 60.7 Å². The third-order valence-electron chi connectivity index (χ3n) is 3.16. The molecule has 0 spiro atoms. The number of nitriles is 1. The highest BCUT2D eigenvalue weighted by Crippen LogP contribution is 2.27. The number of aromatic nitrogens is 1. The van der Waals surface area contributed by atoms with Crippen molar-refractivity contribution in [2.45, 2.75) is 0 Å². The van der Waals surface area contributed by atoms with E-state index in [9.17, 15) is 5.26 Å². The summed E-state index contributed by atoms with van der Waals surface area (Å²) >= 11 is 13.6. The number of rotatable bonds is 3. The molecule has 0 aliphatic rings. The molecule has 3 rings (SSSR count). The molecule has 0 atom stereocenters. The lowest BCUT2D eigenvalue weighted by atomic mass is 10.2. The first-order valence-corrected chi connectivity index (χ1v) is 8.34. The Morgan fingerprint density at radius 1 is 1.09 bits per heavy atom. The third kappa shape index (κ3) is 3.62. The number of nitrogens with zero attached hydrogens (tertiary/aromatic N) is 2. The van der Waals surface area contributed by atoms with Gasteiger partial charge in [-0.1, -0.05) is 47.5 Å². The average molecular weight is 357 g/mol. The fourth-order valence-electron chi connectivity index (χ4n) is 2.01. The van der Waals surface area contributed by atoms with Crippen molar-refractivity contribution in [2.24, 2.45) is 0 Å². The summed E-state index contributed by atoms with van der Waals surface area (Å²) in [5, 5.41) is 11.3. The molecule has 3 aromatic rings. The highest BCUT2D eigenvalue weighted by molar-refractivity contribution is 7.19. The van der Waals surface area contributed by atoms with E-state index in [4.69, 9.17) is 23.2 Å². The van der Waals surface area contributed by atoms with E-state index in [1.54, 1.807) is 24.3 Å². The van der Waals surface area contributed by atoms with Crippen LogP contribution in [-0.2, 0) is 0 Å². The summed E-state index contributed by atoms with van der Waals surface area (Å²) < 4.78 is 1.05. The standard InChI is InChI=1S/C18H10Cl2N2S/c19-14-8-5-12(6-9-14)15(20)10-7-13(11-21)18-22-16-3-1-2-4-17(16)23-18/h1-10H/b13-7+,15-10-. The van der Waals surface area contributed by atoms with E-state index < -0.39 is 0 Å². The number of allylic oxidation sites excluding steroid dienone is 3. The van der Waals surface area contributed by atoms with Gasteiger partial charge in [-0.25, -0.2) is 4.98 Å². The van der Waals surface area contributed by atoms with Crippen LogP contribution in [0.5, 0.6) is 0 Å². The molecule has 1 heterocycles. The lowest BCUT2D eigenvalue weighted by Crippen LogP contribution is -1.79. The van der Waals surface area contributed by atoms with Crippen LogP contribution in [-0.4, -0.2) is 4.98 Å². The van der Waals surface area contributed by atoms with E-state index in [0.29, 0.717) is 20.6 Å². The SMILES string of the molecule is N#C/C(=C\C=C(/Cl)c1ccc(Cl)cc1)c1nc2ccccc2s1. The van der Waals surface area contributed by atoms with E-state index in [0.717, 1.165) is 15.8 Å². The number of halogens is 2. The number of fused-ring (bicyclic) bond motifs is 1. The second kappa shape index (κ2) is 6.97. The Labute approximate surface area is 147 Å². The van der Waals surface area contributed by atoms with Gasteiger partial charge in [-0.15, -0.1) is 11.3 Å². The van der Waals surface area contributed by atoms with E-state index in [1.807, 2.05) is 36.4 Å². The lowest BCUT2D eigenvalue weighted by Gasteiger charge is -1.98. The summed E-state index contributed by atoms with van der Waals surface area (Å²) in [5.74, 6) is 0. The Kier molecular flexibility index (Phi) is 4.78. The van der Waals surface area contributed by atoms with Gasteiger partial charge in [-0.3, -0.25) is 0 Å². The van der Waals surface area contributed by atoms with E-state index in [2.05, 4.69) is 11.1 Å². The molecule has 2 aromatic carbocycles. The molecule has 0 fully saturated rings. The fourth-order valence-corrected chi connectivity index (χ4v) is 3.26. The monoisotopic (exact) mass is 356 g/mol. The molecule has 0 saturated heterocycles. The molecular weight excluding hydrogens is 347 g/mol. The highest BCUT2D eigenvalue weighted by atomic mass is 35.5. The maximum absolute atomic E-state index is 9.38. The van der Waals surface area contributed by atoms with Crippen LogP contribution in [0.3, 0.4) is 0 Å². The van der Waals surface area contributed by atoms with Crippen LogP contribution in [0.4, 0.5) is 0 Å². The minimum Gasteiger partial charge on any atom is -0.235 e. The van der Waals surface area contributed by atoms with Gasteiger partial charge in [0.2, 0.25) is 0 Å². The van der Waals surface area contributed by atoms with Crippen molar-refractivity contribution in [3.8, 4) is 6.07 Å². The highest BCUT2D eigenvalue weighted by Gasteiger charge is 2.07. The minimum atomic E-state index is 0.485. The molecular formula is C18H10Cl2N2S. The predicted octanol–water partition coefficient (Wildman–Crippen LogP) is 6.14. The Hall–Kier alpha value is -2.12. The molecule has 0 N–H and O–H groups in total. The van der Waals surface area contributed by atoms with E-state index >= 15 is 0 Å². The smallest absolute Gasteiger partial charge is 0.135 e. The van der Waals surface area contributed by atoms with E-state index in [-0.39, 0.29) is 0 Å². The van der Waals surface area contributed by atoms with Crippen LogP contribution >= 0.6 is 34.5 Å². The van der Waals surface area contributed by atoms with Crippen LogP contribution in [0.2, 0.25) is 5.02 Å². The van der Waals surface area contributed by atoms with Crippen LogP contribution in [0, 0.1) is 11.3 Å². The molecule has 112 valence electrons. The van der Waals surface area contributed by atoms with Crippen LogP contribution in [0.25, 0.3) is 20.8 Å². The zero-order valence-electron chi connectivity index (χ0n) is 11.8. The second-order valence-corrected chi connectivity index (χ2v) is 6.57. The Balaban J connectivity index is 1.93. The van der Waals surface area contributed by atoms with E-state index in [1.165, 1.54) is 11.3 Å². The average Bonchev–Trinajstić information content (AvgIpc) is 2.99. The molecule has 0 aliphatic carbocycles. The molecule has 1 aromatic heterocycles. The minimum absolute atomic E-state index is 0.485. The number of hydrogen-bond donors (Lipinski definition) is 0. The summed E-state index contributed by atoms with van der Waals surface area (Å²) in [6, 6.07) is 17.2. The Morgan fingerprint density at radius 2 is 1.83 bits per heavy atom. The van der Waals surface area contributed by atoms with Crippen molar-refractivity contribution in [3.63, 3.8) is 0 Å². The van der Waals surface area contributed by atoms with Gasteiger partial charge < -0.3 is 0 Å². The van der Waals surface area contributed by atoms with Crippen molar-refractivity contribution in [3.05, 3.63) is 76.3 Å². The lowest BCUT2D eigenvalue weighted by molar-refractivity contribution is 1.43. The topological polar surface area (TPSA) is 36.7 Å². The summed E-state index contributed by atoms with van der Waals surface area (Å²) in [4.78, 5) is 4.48. The van der Waals surface area contributed by atoms with Gasteiger partial charge in [-0.05, 0) is 42.0 Å². The predicted molar refractivity (Wildman–Crippen MR) is 98.5 cm³/mol. The number of thiazole rings is 1. The fraction of sp³-hybridized carbons (Fsp3) is 0. The maximum Gasteiger partial charge on any atom is 0.135 e. The first-order valence-electron chi connectivity index (χ1n) is 6.77. The van der Waals surface area contributed by atoms with Crippen molar-refractivity contribution < 1.29 is 0 Å². The number of benzene rings is 2. The van der Waals surface area contributed by atoms with Gasteiger partial charge in [0.05, 0.1) is 15.8 Å². The molecule has 23 heavy (non-hydrogen) atoms. The van der Waals surface area contributed by atoms with Crippen LogP contribution < -0.4 is 0 Å². The zero-order valence-corrected chi connectivity index (χ0v) is 14.2. The summed E-state index contributed by atoms with van der Waals surface area (Å²) in [7, 11) is 0. The van der Waals surface area contributed by atoms with Gasteiger partial charge in [0, 0.05) is 10.1 Å². The third-order valence-corrected chi connectivity index (χ3v) is 4.83. The van der Waals surface area contributed by atoms with Gasteiger partial charge in [-0.2, -0.15) is 5.26 Å². The first-order chi connectivity index (χ1) is 11.2. The van der Waals surface area contributed by atoms with Gasteiger partial charge >= 0.3 is 0 Å². The van der Waals surface area contributed by atoms with Crippen molar-refractivity contribution in [2.75, 3.05) is 0 Å². The normalized spacial score (nSPS) is 12.4. The van der Waals surface area contributed by atoms with Crippen LogP contribution in [0.1, 0.15) is 10.6 Å². The summed E-state index contributed by atoms with van der Waals surface area (Å²) in [5.41, 5.74) is 2.22. The number of para-hydroxylation sites is 1. The first kappa shape index (κ1) is 15.8. The molecule has 2 nitrogen and oxygen atoms in total. The Bertz CT molecular complexity index is 914. The van der Waals surface area contributed by atoms with Gasteiger partial charge in [0.15, 0.2) is 0 Å². The van der Waals surface area contributed by atoms with Gasteiger partial charge in [0.25, 0.3) is 0 Å².